The molecule has 1 saturated carbocycles. The van der Waals surface area contributed by atoms with Crippen LogP contribution in [0.2, 0.25) is 0 Å². The Balaban J connectivity index is 2.25. The lowest BCUT2D eigenvalue weighted by Crippen LogP contribution is -2.53. The molecule has 0 aliphatic heterocycles. The molecule has 1 aliphatic rings. The number of rotatable bonds is 2. The van der Waals surface area contributed by atoms with Crippen molar-refractivity contribution in [1.29, 1.82) is 0 Å². The number of hydrogen-bond acceptors (Lipinski definition) is 1. The van der Waals surface area contributed by atoms with Crippen molar-refractivity contribution in [3.63, 3.8) is 0 Å². The zero-order chi connectivity index (χ0) is 11.1. The van der Waals surface area contributed by atoms with E-state index in [-0.39, 0.29) is 12.8 Å². The predicted octanol–water partition coefficient (Wildman–Crippen LogP) is 2.62. The summed E-state index contributed by atoms with van der Waals surface area (Å²) >= 11 is 0. The molecule has 0 radical (unpaired) electrons. The van der Waals surface area contributed by atoms with Crippen LogP contribution in [0, 0.1) is 6.92 Å². The standard InChI is InChI=1S/C12H15F2N/c1-9-2-4-10(5-3-9)11(8-15)6-12(13,14)7-11/h2-5H,6-8,15H2,1H3. The molecule has 1 fully saturated rings. The highest BCUT2D eigenvalue weighted by molar-refractivity contribution is 5.33. The number of alkyl halides is 2. The van der Waals surface area contributed by atoms with Gasteiger partial charge < -0.3 is 5.73 Å². The summed E-state index contributed by atoms with van der Waals surface area (Å²) in [6, 6.07) is 7.72. The Morgan fingerprint density at radius 1 is 1.20 bits per heavy atom. The monoisotopic (exact) mass is 211 g/mol. The Kier molecular flexibility index (Phi) is 2.30. The van der Waals surface area contributed by atoms with Crippen LogP contribution in [0.25, 0.3) is 0 Å². The third kappa shape index (κ3) is 1.76. The van der Waals surface area contributed by atoms with Gasteiger partial charge in [-0.25, -0.2) is 8.78 Å². The predicted molar refractivity (Wildman–Crippen MR) is 56.1 cm³/mol. The van der Waals surface area contributed by atoms with Gasteiger partial charge in [0.2, 0.25) is 5.92 Å². The highest BCUT2D eigenvalue weighted by atomic mass is 19.3. The molecule has 1 nitrogen and oxygen atoms in total. The number of halogens is 2. The van der Waals surface area contributed by atoms with Crippen LogP contribution in [0.5, 0.6) is 0 Å². The molecule has 1 aromatic rings. The zero-order valence-electron chi connectivity index (χ0n) is 8.76. The Labute approximate surface area is 88.3 Å². The molecule has 0 atom stereocenters. The molecule has 15 heavy (non-hydrogen) atoms. The van der Waals surface area contributed by atoms with Crippen LogP contribution in [0.1, 0.15) is 24.0 Å². The third-order valence-electron chi connectivity index (χ3n) is 3.25. The lowest BCUT2D eigenvalue weighted by molar-refractivity contribution is -0.123. The minimum atomic E-state index is -2.52. The molecule has 3 heteroatoms. The minimum Gasteiger partial charge on any atom is -0.330 e. The van der Waals surface area contributed by atoms with Crippen LogP contribution in [0.4, 0.5) is 8.78 Å². The van der Waals surface area contributed by atoms with Crippen molar-refractivity contribution >= 4 is 0 Å². The molecule has 0 bridgehead atoms. The van der Waals surface area contributed by atoms with Crippen LogP contribution in [0.3, 0.4) is 0 Å². The van der Waals surface area contributed by atoms with Gasteiger partial charge in [-0.2, -0.15) is 0 Å². The molecule has 0 aromatic heterocycles. The molecular weight excluding hydrogens is 196 g/mol. The number of benzene rings is 1. The van der Waals surface area contributed by atoms with Crippen molar-refractivity contribution < 1.29 is 8.78 Å². The van der Waals surface area contributed by atoms with E-state index in [2.05, 4.69) is 0 Å². The Bertz CT molecular complexity index is 348. The highest BCUT2D eigenvalue weighted by Crippen LogP contribution is 2.52. The maximum Gasteiger partial charge on any atom is 0.250 e. The molecular formula is C12H15F2N. The molecule has 1 aromatic carbocycles. The lowest BCUT2D eigenvalue weighted by atomic mass is 9.62. The smallest absolute Gasteiger partial charge is 0.250 e. The maximum atomic E-state index is 12.9. The first-order chi connectivity index (χ1) is 6.97. The summed E-state index contributed by atoms with van der Waals surface area (Å²) in [5.74, 6) is -2.52. The van der Waals surface area contributed by atoms with Gasteiger partial charge in [-0.3, -0.25) is 0 Å². The summed E-state index contributed by atoms with van der Waals surface area (Å²) in [7, 11) is 0. The quantitative estimate of drug-likeness (QED) is 0.799. The molecule has 0 saturated heterocycles. The molecule has 82 valence electrons. The molecule has 2 rings (SSSR count). The van der Waals surface area contributed by atoms with Crippen molar-refractivity contribution in [2.24, 2.45) is 5.73 Å². The van der Waals surface area contributed by atoms with Crippen LogP contribution in [-0.4, -0.2) is 12.5 Å². The summed E-state index contributed by atoms with van der Waals surface area (Å²) in [5, 5.41) is 0. The van der Waals surface area contributed by atoms with Crippen LogP contribution < -0.4 is 5.73 Å². The fourth-order valence-corrected chi connectivity index (χ4v) is 2.31. The SMILES string of the molecule is Cc1ccc(C2(CN)CC(F)(F)C2)cc1. The second kappa shape index (κ2) is 3.27. The van der Waals surface area contributed by atoms with Gasteiger partial charge in [0.25, 0.3) is 0 Å². The van der Waals surface area contributed by atoms with Crippen molar-refractivity contribution in [1.82, 2.24) is 0 Å². The van der Waals surface area contributed by atoms with E-state index in [1.807, 2.05) is 31.2 Å². The van der Waals surface area contributed by atoms with Gasteiger partial charge in [0.15, 0.2) is 0 Å². The van der Waals surface area contributed by atoms with E-state index in [4.69, 9.17) is 5.73 Å². The summed E-state index contributed by atoms with van der Waals surface area (Å²) in [6.07, 6.45) is -0.223. The van der Waals surface area contributed by atoms with Crippen molar-refractivity contribution in [3.8, 4) is 0 Å². The van der Waals surface area contributed by atoms with Gasteiger partial charge >= 0.3 is 0 Å². The Hall–Kier alpha value is -0.960. The van der Waals surface area contributed by atoms with E-state index < -0.39 is 11.3 Å². The fourth-order valence-electron chi connectivity index (χ4n) is 2.31. The van der Waals surface area contributed by atoms with Crippen molar-refractivity contribution in [2.45, 2.75) is 31.1 Å². The average Bonchev–Trinajstić information content (AvgIpc) is 2.14. The van der Waals surface area contributed by atoms with Crippen molar-refractivity contribution in [3.05, 3.63) is 35.4 Å². The third-order valence-corrected chi connectivity index (χ3v) is 3.25. The first-order valence-corrected chi connectivity index (χ1v) is 5.13. The molecule has 0 spiro atoms. The van der Waals surface area contributed by atoms with E-state index in [9.17, 15) is 8.78 Å². The number of nitrogens with two attached hydrogens (primary N) is 1. The van der Waals surface area contributed by atoms with E-state index >= 15 is 0 Å². The molecule has 2 N–H and O–H groups in total. The Morgan fingerprint density at radius 3 is 2.13 bits per heavy atom. The van der Waals surface area contributed by atoms with E-state index in [1.54, 1.807) is 0 Å². The fraction of sp³-hybridized carbons (Fsp3) is 0.500. The average molecular weight is 211 g/mol. The number of aryl methyl sites for hydroxylation is 1. The Morgan fingerprint density at radius 2 is 1.73 bits per heavy atom. The zero-order valence-corrected chi connectivity index (χ0v) is 8.76. The topological polar surface area (TPSA) is 26.0 Å². The lowest BCUT2D eigenvalue weighted by Gasteiger charge is -2.47. The van der Waals surface area contributed by atoms with Gasteiger partial charge in [-0.05, 0) is 12.5 Å². The van der Waals surface area contributed by atoms with Crippen molar-refractivity contribution in [2.75, 3.05) is 6.54 Å². The normalized spacial score (nSPS) is 22.1. The summed E-state index contributed by atoms with van der Waals surface area (Å²) < 4.78 is 25.9. The van der Waals surface area contributed by atoms with Crippen LogP contribution >= 0.6 is 0 Å². The largest absolute Gasteiger partial charge is 0.330 e. The van der Waals surface area contributed by atoms with Gasteiger partial charge in [0.1, 0.15) is 0 Å². The van der Waals surface area contributed by atoms with Crippen LogP contribution in [0.15, 0.2) is 24.3 Å². The van der Waals surface area contributed by atoms with Crippen LogP contribution in [-0.2, 0) is 5.41 Å². The van der Waals surface area contributed by atoms with E-state index in [0.717, 1.165) is 11.1 Å². The van der Waals surface area contributed by atoms with E-state index in [1.165, 1.54) is 0 Å². The molecule has 0 heterocycles. The highest BCUT2D eigenvalue weighted by Gasteiger charge is 2.56. The minimum absolute atomic E-state index is 0.112. The summed E-state index contributed by atoms with van der Waals surface area (Å²) in [4.78, 5) is 0. The number of hydrogen-bond donors (Lipinski definition) is 1. The summed E-state index contributed by atoms with van der Waals surface area (Å²) in [6.45, 7) is 2.28. The second-order valence-corrected chi connectivity index (χ2v) is 4.56. The maximum absolute atomic E-state index is 12.9. The molecule has 1 aliphatic carbocycles. The van der Waals surface area contributed by atoms with E-state index in [0.29, 0.717) is 6.54 Å². The summed E-state index contributed by atoms with van der Waals surface area (Å²) in [5.41, 5.74) is 7.22. The molecule has 0 unspecified atom stereocenters. The first kappa shape index (κ1) is 10.6. The van der Waals surface area contributed by atoms with Gasteiger partial charge in [0.05, 0.1) is 0 Å². The first-order valence-electron chi connectivity index (χ1n) is 5.13. The van der Waals surface area contributed by atoms with Gasteiger partial charge in [-0.1, -0.05) is 29.8 Å². The molecule has 0 amide bonds. The van der Waals surface area contributed by atoms with Gasteiger partial charge in [0, 0.05) is 24.8 Å². The van der Waals surface area contributed by atoms with Gasteiger partial charge in [-0.15, -0.1) is 0 Å². The second-order valence-electron chi connectivity index (χ2n) is 4.56.